The first-order valence-electron chi connectivity index (χ1n) is 5.46. The van der Waals surface area contributed by atoms with Gasteiger partial charge in [-0.25, -0.2) is 14.8 Å². The van der Waals surface area contributed by atoms with Crippen LogP contribution < -0.4 is 0 Å². The molecule has 0 spiro atoms. The highest BCUT2D eigenvalue weighted by molar-refractivity contribution is 6.28. The molecule has 0 atom stereocenters. The summed E-state index contributed by atoms with van der Waals surface area (Å²) >= 11 is 5.62. The van der Waals surface area contributed by atoms with E-state index in [1.807, 2.05) is 12.1 Å². The van der Waals surface area contributed by atoms with Gasteiger partial charge in [0.1, 0.15) is 0 Å². The molecule has 1 aromatic heterocycles. The number of halogens is 1. The Morgan fingerprint density at radius 3 is 2.33 bits per heavy atom. The van der Waals surface area contributed by atoms with Crippen LogP contribution >= 0.6 is 11.6 Å². The Kier molecular flexibility index (Phi) is 3.89. The summed E-state index contributed by atoms with van der Waals surface area (Å²) < 4.78 is 4.91. The third-order valence-electron chi connectivity index (χ3n) is 2.35. The Bertz CT molecular complexity index is 538. The molecule has 0 amide bonds. The van der Waals surface area contributed by atoms with Crippen LogP contribution in [0.15, 0.2) is 36.7 Å². The van der Waals surface area contributed by atoms with Crippen LogP contribution in [0.3, 0.4) is 0 Å². The number of hydrogen-bond donors (Lipinski definition) is 0. The molecule has 0 radical (unpaired) electrons. The zero-order valence-electron chi connectivity index (χ0n) is 9.76. The van der Waals surface area contributed by atoms with Crippen LogP contribution in [-0.4, -0.2) is 22.5 Å². The minimum absolute atomic E-state index is 0.210. The molecule has 1 heterocycles. The Labute approximate surface area is 110 Å². The summed E-state index contributed by atoms with van der Waals surface area (Å²) in [5.41, 5.74) is 2.28. The van der Waals surface area contributed by atoms with Crippen molar-refractivity contribution >= 4 is 17.6 Å². The summed E-state index contributed by atoms with van der Waals surface area (Å²) in [6.45, 7) is 2.14. The van der Waals surface area contributed by atoms with Crippen molar-refractivity contribution in [2.24, 2.45) is 0 Å². The molecule has 2 rings (SSSR count). The predicted octanol–water partition coefficient (Wildman–Crippen LogP) is 2.97. The van der Waals surface area contributed by atoms with Gasteiger partial charge in [0.25, 0.3) is 0 Å². The van der Waals surface area contributed by atoms with Gasteiger partial charge in [0.15, 0.2) is 0 Å². The van der Waals surface area contributed by atoms with Gasteiger partial charge in [-0.2, -0.15) is 0 Å². The van der Waals surface area contributed by atoms with Gasteiger partial charge in [-0.05, 0) is 36.2 Å². The Morgan fingerprint density at radius 2 is 1.78 bits per heavy atom. The molecule has 2 aromatic rings. The van der Waals surface area contributed by atoms with Crippen molar-refractivity contribution in [2.45, 2.75) is 6.92 Å². The van der Waals surface area contributed by atoms with Crippen molar-refractivity contribution in [3.63, 3.8) is 0 Å². The minimum Gasteiger partial charge on any atom is -0.462 e. The zero-order chi connectivity index (χ0) is 13.0. The van der Waals surface area contributed by atoms with Crippen molar-refractivity contribution in [3.05, 3.63) is 47.5 Å². The normalized spacial score (nSPS) is 10.1. The van der Waals surface area contributed by atoms with E-state index in [9.17, 15) is 4.79 Å². The van der Waals surface area contributed by atoms with Crippen LogP contribution in [-0.2, 0) is 4.74 Å². The summed E-state index contributed by atoms with van der Waals surface area (Å²) in [4.78, 5) is 19.3. The summed E-state index contributed by atoms with van der Waals surface area (Å²) in [5.74, 6) is -0.323. The first kappa shape index (κ1) is 12.5. The first-order chi connectivity index (χ1) is 8.70. The van der Waals surface area contributed by atoms with Gasteiger partial charge < -0.3 is 4.74 Å². The lowest BCUT2D eigenvalue weighted by Crippen LogP contribution is -2.04. The number of ether oxygens (including phenoxy) is 1. The molecule has 0 aliphatic carbocycles. The van der Waals surface area contributed by atoms with E-state index in [1.54, 1.807) is 31.5 Å². The lowest BCUT2D eigenvalue weighted by atomic mass is 10.1. The monoisotopic (exact) mass is 262 g/mol. The second kappa shape index (κ2) is 5.60. The SMILES string of the molecule is CCOC(=O)c1ccc(-c2cnc(Cl)nc2)cc1. The van der Waals surface area contributed by atoms with Crippen molar-refractivity contribution in [2.75, 3.05) is 6.61 Å². The second-order valence-electron chi connectivity index (χ2n) is 3.54. The zero-order valence-corrected chi connectivity index (χ0v) is 10.5. The summed E-state index contributed by atoms with van der Waals surface area (Å²) in [6.07, 6.45) is 3.27. The molecular weight excluding hydrogens is 252 g/mol. The maximum absolute atomic E-state index is 11.5. The predicted molar refractivity (Wildman–Crippen MR) is 68.4 cm³/mol. The molecule has 0 N–H and O–H groups in total. The van der Waals surface area contributed by atoms with Crippen molar-refractivity contribution in [3.8, 4) is 11.1 Å². The van der Waals surface area contributed by atoms with Crippen LogP contribution in [0.4, 0.5) is 0 Å². The van der Waals surface area contributed by atoms with Crippen molar-refractivity contribution < 1.29 is 9.53 Å². The lowest BCUT2D eigenvalue weighted by molar-refractivity contribution is 0.0526. The molecule has 4 nitrogen and oxygen atoms in total. The van der Waals surface area contributed by atoms with Gasteiger partial charge in [-0.1, -0.05) is 12.1 Å². The van der Waals surface area contributed by atoms with Gasteiger partial charge in [0, 0.05) is 18.0 Å². The van der Waals surface area contributed by atoms with Gasteiger partial charge in [-0.15, -0.1) is 0 Å². The molecule has 1 aromatic carbocycles. The Hall–Kier alpha value is -1.94. The highest BCUT2D eigenvalue weighted by Crippen LogP contribution is 2.19. The van der Waals surface area contributed by atoms with E-state index in [4.69, 9.17) is 16.3 Å². The van der Waals surface area contributed by atoms with E-state index in [-0.39, 0.29) is 11.3 Å². The molecule has 18 heavy (non-hydrogen) atoms. The highest BCUT2D eigenvalue weighted by Gasteiger charge is 2.06. The molecule has 0 saturated heterocycles. The van der Waals surface area contributed by atoms with Crippen LogP contribution in [0.5, 0.6) is 0 Å². The van der Waals surface area contributed by atoms with Crippen molar-refractivity contribution in [1.29, 1.82) is 0 Å². The summed E-state index contributed by atoms with van der Waals surface area (Å²) in [5, 5.41) is 0.210. The van der Waals surface area contributed by atoms with E-state index in [2.05, 4.69) is 9.97 Å². The number of carbonyl (C=O) groups is 1. The van der Waals surface area contributed by atoms with E-state index >= 15 is 0 Å². The van der Waals surface area contributed by atoms with Crippen LogP contribution in [0.1, 0.15) is 17.3 Å². The molecule has 0 bridgehead atoms. The molecule has 0 saturated carbocycles. The maximum Gasteiger partial charge on any atom is 0.338 e. The van der Waals surface area contributed by atoms with Crippen LogP contribution in [0, 0.1) is 0 Å². The standard InChI is InChI=1S/C13H11ClN2O2/c1-2-18-12(17)10-5-3-9(4-6-10)11-7-15-13(14)16-8-11/h3-8H,2H2,1H3. The number of carbonyl (C=O) groups excluding carboxylic acids is 1. The smallest absolute Gasteiger partial charge is 0.338 e. The van der Waals surface area contributed by atoms with E-state index < -0.39 is 0 Å². The summed E-state index contributed by atoms with van der Waals surface area (Å²) in [6, 6.07) is 7.06. The van der Waals surface area contributed by atoms with E-state index in [0.717, 1.165) is 11.1 Å². The molecule has 92 valence electrons. The fourth-order valence-corrected chi connectivity index (χ4v) is 1.57. The fourth-order valence-electron chi connectivity index (χ4n) is 1.47. The number of aromatic nitrogens is 2. The number of hydrogen-bond acceptors (Lipinski definition) is 4. The largest absolute Gasteiger partial charge is 0.462 e. The van der Waals surface area contributed by atoms with E-state index in [1.165, 1.54) is 0 Å². The molecule has 0 fully saturated rings. The van der Waals surface area contributed by atoms with Gasteiger partial charge in [0.2, 0.25) is 5.28 Å². The molecule has 5 heteroatoms. The third-order valence-corrected chi connectivity index (χ3v) is 2.54. The number of benzene rings is 1. The summed E-state index contributed by atoms with van der Waals surface area (Å²) in [7, 11) is 0. The fraction of sp³-hybridized carbons (Fsp3) is 0.154. The number of esters is 1. The van der Waals surface area contributed by atoms with Gasteiger partial charge in [0.05, 0.1) is 12.2 Å². The highest BCUT2D eigenvalue weighted by atomic mass is 35.5. The van der Waals surface area contributed by atoms with Crippen LogP contribution in [0.25, 0.3) is 11.1 Å². The average molecular weight is 263 g/mol. The topological polar surface area (TPSA) is 52.1 Å². The van der Waals surface area contributed by atoms with Gasteiger partial charge in [-0.3, -0.25) is 0 Å². The maximum atomic E-state index is 11.5. The average Bonchev–Trinajstić information content (AvgIpc) is 2.40. The first-order valence-corrected chi connectivity index (χ1v) is 5.83. The van der Waals surface area contributed by atoms with Crippen LogP contribution in [0.2, 0.25) is 5.28 Å². The lowest BCUT2D eigenvalue weighted by Gasteiger charge is -2.03. The van der Waals surface area contributed by atoms with E-state index in [0.29, 0.717) is 12.2 Å². The Balaban J connectivity index is 2.22. The van der Waals surface area contributed by atoms with Crippen molar-refractivity contribution in [1.82, 2.24) is 9.97 Å². The molecule has 0 aliphatic heterocycles. The second-order valence-corrected chi connectivity index (χ2v) is 3.88. The number of rotatable bonds is 3. The van der Waals surface area contributed by atoms with Gasteiger partial charge >= 0.3 is 5.97 Å². The Morgan fingerprint density at radius 1 is 1.17 bits per heavy atom. The molecular formula is C13H11ClN2O2. The molecule has 0 aliphatic rings. The minimum atomic E-state index is -0.323. The third kappa shape index (κ3) is 2.84. The molecule has 0 unspecified atom stereocenters. The quantitative estimate of drug-likeness (QED) is 0.630. The number of nitrogens with zero attached hydrogens (tertiary/aromatic N) is 2.